The van der Waals surface area contributed by atoms with Gasteiger partial charge in [-0.25, -0.2) is 0 Å². The van der Waals surface area contributed by atoms with E-state index in [0.717, 1.165) is 12.8 Å². The van der Waals surface area contributed by atoms with Gasteiger partial charge in [0.25, 0.3) is 0 Å². The number of nitrogens with two attached hydrogens (primary N) is 1. The van der Waals surface area contributed by atoms with Crippen LogP contribution >= 0.6 is 0 Å². The Balaban J connectivity index is 2.31. The quantitative estimate of drug-likeness (QED) is 0.677. The van der Waals surface area contributed by atoms with Gasteiger partial charge in [-0.1, -0.05) is 13.8 Å². The second kappa shape index (κ2) is 4.61. The number of carbonyl (C=O) groups excluding carboxylic acids is 1. The first-order chi connectivity index (χ1) is 6.11. The molecule has 2 N–H and O–H groups in total. The van der Waals surface area contributed by atoms with Gasteiger partial charge in [-0.15, -0.1) is 0 Å². The normalized spacial score (nSPS) is 20.6. The Hall–Kier alpha value is -0.570. The van der Waals surface area contributed by atoms with E-state index in [1.54, 1.807) is 0 Å². The Kier molecular flexibility index (Phi) is 3.72. The fourth-order valence-electron chi connectivity index (χ4n) is 1.52. The molecule has 13 heavy (non-hydrogen) atoms. The van der Waals surface area contributed by atoms with Gasteiger partial charge < -0.3 is 10.5 Å². The third-order valence-electron chi connectivity index (χ3n) is 2.58. The molecule has 1 aliphatic rings. The topological polar surface area (TPSA) is 52.3 Å². The van der Waals surface area contributed by atoms with Crippen LogP contribution in [0.3, 0.4) is 0 Å². The maximum atomic E-state index is 11.4. The molecule has 0 heterocycles. The van der Waals surface area contributed by atoms with Crippen molar-refractivity contribution in [1.82, 2.24) is 0 Å². The molecule has 3 heteroatoms. The average Bonchev–Trinajstić information content (AvgIpc) is 2.55. The molecule has 0 aliphatic heterocycles. The molecule has 0 radical (unpaired) electrons. The molecule has 0 spiro atoms. The van der Waals surface area contributed by atoms with Crippen LogP contribution in [0.15, 0.2) is 0 Å². The molecule has 0 unspecified atom stereocenters. The van der Waals surface area contributed by atoms with Crippen molar-refractivity contribution >= 4 is 5.97 Å². The minimum absolute atomic E-state index is 0.136. The van der Waals surface area contributed by atoms with Crippen LogP contribution in [-0.2, 0) is 9.53 Å². The van der Waals surface area contributed by atoms with E-state index < -0.39 is 6.04 Å². The minimum Gasteiger partial charge on any atom is -0.461 e. The molecule has 76 valence electrons. The van der Waals surface area contributed by atoms with Crippen molar-refractivity contribution in [1.29, 1.82) is 0 Å². The lowest BCUT2D eigenvalue weighted by molar-refractivity contribution is -0.151. The van der Waals surface area contributed by atoms with Crippen LogP contribution in [0.25, 0.3) is 0 Å². The maximum absolute atomic E-state index is 11.4. The molecule has 0 saturated heterocycles. The van der Waals surface area contributed by atoms with Crippen molar-refractivity contribution in [3.05, 3.63) is 0 Å². The first-order valence-corrected chi connectivity index (χ1v) is 5.07. The predicted octanol–water partition coefficient (Wildman–Crippen LogP) is 1.46. The van der Waals surface area contributed by atoms with Gasteiger partial charge in [0.15, 0.2) is 0 Å². The summed E-state index contributed by atoms with van der Waals surface area (Å²) in [5.74, 6) is -0.0733. The lowest BCUT2D eigenvalue weighted by Crippen LogP contribution is -2.38. The monoisotopic (exact) mass is 185 g/mol. The van der Waals surface area contributed by atoms with Crippen LogP contribution in [-0.4, -0.2) is 18.1 Å². The molecular weight excluding hydrogens is 166 g/mol. The van der Waals surface area contributed by atoms with Gasteiger partial charge in [-0.05, 0) is 31.6 Å². The maximum Gasteiger partial charge on any atom is 0.323 e. The van der Waals surface area contributed by atoms with Gasteiger partial charge in [-0.3, -0.25) is 4.79 Å². The number of carbonyl (C=O) groups is 1. The molecule has 1 atom stereocenters. The summed E-state index contributed by atoms with van der Waals surface area (Å²) in [6.45, 7) is 3.86. The summed E-state index contributed by atoms with van der Waals surface area (Å²) in [5, 5.41) is 0. The zero-order valence-electron chi connectivity index (χ0n) is 8.45. The highest BCUT2D eigenvalue weighted by atomic mass is 16.5. The van der Waals surface area contributed by atoms with E-state index in [9.17, 15) is 4.79 Å². The molecule has 1 rings (SSSR count). The second-order valence-corrected chi connectivity index (χ2v) is 4.11. The Morgan fingerprint density at radius 1 is 1.38 bits per heavy atom. The summed E-state index contributed by atoms with van der Waals surface area (Å²) in [4.78, 5) is 11.4. The molecule has 0 amide bonds. The SMILES string of the molecule is CC(C)[C@H](N)C(=O)OC1CCCC1. The third kappa shape index (κ3) is 2.99. The Morgan fingerprint density at radius 3 is 2.38 bits per heavy atom. The van der Waals surface area contributed by atoms with Gasteiger partial charge in [0.2, 0.25) is 0 Å². The highest BCUT2D eigenvalue weighted by Crippen LogP contribution is 2.21. The first-order valence-electron chi connectivity index (χ1n) is 5.07. The van der Waals surface area contributed by atoms with Gasteiger partial charge in [-0.2, -0.15) is 0 Å². The smallest absolute Gasteiger partial charge is 0.323 e. The highest BCUT2D eigenvalue weighted by Gasteiger charge is 2.24. The number of hydrogen-bond donors (Lipinski definition) is 1. The average molecular weight is 185 g/mol. The zero-order chi connectivity index (χ0) is 9.84. The number of esters is 1. The lowest BCUT2D eigenvalue weighted by Gasteiger charge is -2.17. The molecular formula is C10H19NO2. The minimum atomic E-state index is -0.458. The Bertz CT molecular complexity index is 174. The van der Waals surface area contributed by atoms with Crippen LogP contribution in [0.2, 0.25) is 0 Å². The van der Waals surface area contributed by atoms with Crippen molar-refractivity contribution in [3.63, 3.8) is 0 Å². The van der Waals surface area contributed by atoms with Crippen LogP contribution in [0.4, 0.5) is 0 Å². The summed E-state index contributed by atoms with van der Waals surface area (Å²) in [6, 6.07) is -0.458. The molecule has 3 nitrogen and oxygen atoms in total. The van der Waals surface area contributed by atoms with E-state index in [4.69, 9.17) is 10.5 Å². The highest BCUT2D eigenvalue weighted by molar-refractivity contribution is 5.75. The number of hydrogen-bond acceptors (Lipinski definition) is 3. The van der Waals surface area contributed by atoms with E-state index in [2.05, 4.69) is 0 Å². The predicted molar refractivity (Wildman–Crippen MR) is 51.2 cm³/mol. The Labute approximate surface area is 79.6 Å². The van der Waals surface area contributed by atoms with Gasteiger partial charge in [0.05, 0.1) is 0 Å². The molecule has 0 bridgehead atoms. The summed E-state index contributed by atoms with van der Waals surface area (Å²) in [5.41, 5.74) is 5.66. The second-order valence-electron chi connectivity index (χ2n) is 4.11. The summed E-state index contributed by atoms with van der Waals surface area (Å²) in [6.07, 6.45) is 4.51. The fourth-order valence-corrected chi connectivity index (χ4v) is 1.52. The molecule has 1 saturated carbocycles. The molecule has 1 aliphatic carbocycles. The van der Waals surface area contributed by atoms with Crippen LogP contribution in [0.1, 0.15) is 39.5 Å². The van der Waals surface area contributed by atoms with E-state index >= 15 is 0 Å². The van der Waals surface area contributed by atoms with Crippen molar-refractivity contribution in [2.45, 2.75) is 51.7 Å². The van der Waals surface area contributed by atoms with Crippen molar-refractivity contribution < 1.29 is 9.53 Å². The zero-order valence-corrected chi connectivity index (χ0v) is 8.45. The van der Waals surface area contributed by atoms with Crippen LogP contribution in [0, 0.1) is 5.92 Å². The van der Waals surface area contributed by atoms with E-state index in [1.165, 1.54) is 12.8 Å². The van der Waals surface area contributed by atoms with Crippen LogP contribution < -0.4 is 5.73 Å². The summed E-state index contributed by atoms with van der Waals surface area (Å²) >= 11 is 0. The Morgan fingerprint density at radius 2 is 1.92 bits per heavy atom. The molecule has 1 fully saturated rings. The van der Waals surface area contributed by atoms with Crippen molar-refractivity contribution in [3.8, 4) is 0 Å². The first kappa shape index (κ1) is 10.5. The van der Waals surface area contributed by atoms with E-state index in [-0.39, 0.29) is 18.0 Å². The van der Waals surface area contributed by atoms with Crippen LogP contribution in [0.5, 0.6) is 0 Å². The number of rotatable bonds is 3. The third-order valence-corrected chi connectivity index (χ3v) is 2.58. The largest absolute Gasteiger partial charge is 0.461 e. The van der Waals surface area contributed by atoms with Gasteiger partial charge in [0, 0.05) is 0 Å². The standard InChI is InChI=1S/C10H19NO2/c1-7(2)9(11)10(12)13-8-5-3-4-6-8/h7-9H,3-6,11H2,1-2H3/t9-/m0/s1. The molecule has 0 aromatic rings. The van der Waals surface area contributed by atoms with Gasteiger partial charge >= 0.3 is 5.97 Å². The van der Waals surface area contributed by atoms with Crippen molar-refractivity contribution in [2.24, 2.45) is 11.7 Å². The van der Waals surface area contributed by atoms with Crippen molar-refractivity contribution in [2.75, 3.05) is 0 Å². The molecule has 0 aromatic heterocycles. The lowest BCUT2D eigenvalue weighted by atomic mass is 10.1. The van der Waals surface area contributed by atoms with E-state index in [1.807, 2.05) is 13.8 Å². The van der Waals surface area contributed by atoms with Gasteiger partial charge in [0.1, 0.15) is 12.1 Å². The fraction of sp³-hybridized carbons (Fsp3) is 0.900. The molecule has 0 aromatic carbocycles. The van der Waals surface area contributed by atoms with E-state index in [0.29, 0.717) is 0 Å². The number of ether oxygens (including phenoxy) is 1. The summed E-state index contributed by atoms with van der Waals surface area (Å²) in [7, 11) is 0. The summed E-state index contributed by atoms with van der Waals surface area (Å²) < 4.78 is 5.27.